The third kappa shape index (κ3) is 3.08. The van der Waals surface area contributed by atoms with Gasteiger partial charge in [0.2, 0.25) is 11.7 Å². The number of aliphatic hydroxyl groups is 2. The maximum Gasteiger partial charge on any atom is 0.229 e. The van der Waals surface area contributed by atoms with E-state index in [1.54, 1.807) is 13.2 Å². The number of imidazole rings is 1. The zero-order chi connectivity index (χ0) is 21.5. The molecule has 1 saturated carbocycles. The number of H-pyrrole nitrogens is 1. The molecule has 0 aromatic carbocycles. The quantitative estimate of drug-likeness (QED) is 0.380. The molecule has 1 aliphatic carbocycles. The molecule has 10 heteroatoms. The first kappa shape index (κ1) is 19.9. The van der Waals surface area contributed by atoms with Crippen molar-refractivity contribution in [2.45, 2.75) is 25.7 Å². The van der Waals surface area contributed by atoms with E-state index in [2.05, 4.69) is 42.4 Å². The van der Waals surface area contributed by atoms with Crippen molar-refractivity contribution in [1.82, 2.24) is 29.8 Å². The zero-order valence-corrected chi connectivity index (χ0v) is 16.8. The number of aliphatic hydroxyl groups excluding tert-OH is 2. The van der Waals surface area contributed by atoms with E-state index in [0.29, 0.717) is 29.1 Å². The predicted octanol–water partition coefficient (Wildman–Crippen LogP) is 0.220. The second kappa shape index (κ2) is 7.44. The minimum Gasteiger partial charge on any atom is -0.387 e. The average Bonchev–Trinajstić information content (AvgIpc) is 3.12. The molecule has 10 nitrogen and oxygen atoms in total. The van der Waals surface area contributed by atoms with Gasteiger partial charge in [0.1, 0.15) is 6.10 Å². The van der Waals surface area contributed by atoms with Crippen LogP contribution in [0.3, 0.4) is 0 Å². The summed E-state index contributed by atoms with van der Waals surface area (Å²) in [5.41, 5.74) is 0.396. The lowest BCUT2D eigenvalue weighted by atomic mass is 9.93. The fraction of sp³-hybridized carbons (Fsp3) is 0.400. The lowest BCUT2D eigenvalue weighted by Gasteiger charge is -2.27. The second-order valence-corrected chi connectivity index (χ2v) is 7.39. The highest BCUT2D eigenvalue weighted by Crippen LogP contribution is 2.57. The molecule has 3 heterocycles. The molecule has 30 heavy (non-hydrogen) atoms. The number of hydrogen-bond donors (Lipinski definition) is 5. The zero-order valence-electron chi connectivity index (χ0n) is 16.8. The van der Waals surface area contributed by atoms with Gasteiger partial charge in [-0.05, 0) is 36.3 Å². The number of rotatable bonds is 5. The van der Waals surface area contributed by atoms with E-state index in [-0.39, 0.29) is 17.6 Å². The number of aromatic nitrogens is 5. The van der Waals surface area contributed by atoms with E-state index in [9.17, 15) is 15.0 Å². The fourth-order valence-corrected chi connectivity index (χ4v) is 3.83. The van der Waals surface area contributed by atoms with Gasteiger partial charge in [0.25, 0.3) is 0 Å². The summed E-state index contributed by atoms with van der Waals surface area (Å²) in [7, 11) is 3.21. The molecule has 3 aromatic heterocycles. The van der Waals surface area contributed by atoms with Gasteiger partial charge in [0.05, 0.1) is 17.4 Å². The number of nitrogens with zero attached hydrogens (tertiary/aromatic N) is 4. The Labute approximate surface area is 172 Å². The minimum atomic E-state index is -1.42. The molecular formula is C20H23N7O3. The topological polar surface area (TPSA) is 141 Å². The Morgan fingerprint density at radius 1 is 1.37 bits per heavy atom. The number of anilines is 1. The van der Waals surface area contributed by atoms with Crippen molar-refractivity contribution in [2.75, 3.05) is 19.4 Å². The molecular weight excluding hydrogens is 386 g/mol. The molecule has 3 aromatic rings. The normalized spacial score (nSPS) is 22.1. The summed E-state index contributed by atoms with van der Waals surface area (Å²) in [6.07, 6.45) is 0.885. The summed E-state index contributed by atoms with van der Waals surface area (Å²) < 4.78 is 1.35. The Hall–Kier alpha value is -3.42. The van der Waals surface area contributed by atoms with Crippen molar-refractivity contribution in [3.63, 3.8) is 0 Å². The van der Waals surface area contributed by atoms with Gasteiger partial charge in [-0.2, -0.15) is 0 Å². The molecule has 0 radical (unpaired) electrons. The first-order valence-corrected chi connectivity index (χ1v) is 9.58. The molecule has 4 atom stereocenters. The Kier molecular flexibility index (Phi) is 4.93. The lowest BCUT2D eigenvalue weighted by molar-refractivity contribution is -0.139. The highest BCUT2D eigenvalue weighted by atomic mass is 16.3. The number of nitrogens with one attached hydrogen (secondary N) is 3. The van der Waals surface area contributed by atoms with Crippen LogP contribution < -0.4 is 10.6 Å². The first-order chi connectivity index (χ1) is 14.4. The van der Waals surface area contributed by atoms with E-state index >= 15 is 0 Å². The van der Waals surface area contributed by atoms with Gasteiger partial charge in [-0.1, -0.05) is 6.92 Å². The van der Waals surface area contributed by atoms with Crippen LogP contribution >= 0.6 is 0 Å². The van der Waals surface area contributed by atoms with Gasteiger partial charge in [0.15, 0.2) is 23.2 Å². The fourth-order valence-electron chi connectivity index (χ4n) is 3.83. The molecule has 156 valence electrons. The van der Waals surface area contributed by atoms with Crippen LogP contribution in [0.4, 0.5) is 5.82 Å². The Morgan fingerprint density at radius 3 is 2.73 bits per heavy atom. The van der Waals surface area contributed by atoms with Crippen molar-refractivity contribution in [3.05, 3.63) is 36.2 Å². The molecule has 4 rings (SSSR count). The van der Waals surface area contributed by atoms with Gasteiger partial charge < -0.3 is 25.8 Å². The average molecular weight is 409 g/mol. The van der Waals surface area contributed by atoms with E-state index in [1.807, 2.05) is 19.1 Å². The number of fused-ring (bicyclic) bond motifs is 1. The molecule has 1 amide bonds. The van der Waals surface area contributed by atoms with E-state index < -0.39 is 17.7 Å². The summed E-state index contributed by atoms with van der Waals surface area (Å²) in [5, 5.41) is 27.3. The monoisotopic (exact) mass is 409 g/mol. The molecule has 0 saturated heterocycles. The van der Waals surface area contributed by atoms with Crippen molar-refractivity contribution in [3.8, 4) is 11.8 Å². The third-order valence-corrected chi connectivity index (χ3v) is 5.67. The third-order valence-electron chi connectivity index (χ3n) is 5.67. The number of aromatic amines is 1. The van der Waals surface area contributed by atoms with Crippen molar-refractivity contribution in [1.29, 1.82) is 0 Å². The minimum absolute atomic E-state index is 0.0541. The predicted molar refractivity (Wildman–Crippen MR) is 109 cm³/mol. The van der Waals surface area contributed by atoms with Crippen LogP contribution in [0.5, 0.6) is 0 Å². The molecule has 1 fully saturated rings. The van der Waals surface area contributed by atoms with Crippen molar-refractivity contribution in [2.24, 2.45) is 11.3 Å². The van der Waals surface area contributed by atoms with Gasteiger partial charge in [0, 0.05) is 20.3 Å². The Balaban J connectivity index is 1.74. The molecule has 0 spiro atoms. The highest BCUT2D eigenvalue weighted by Gasteiger charge is 2.63. The second-order valence-electron chi connectivity index (χ2n) is 7.39. The van der Waals surface area contributed by atoms with Crippen molar-refractivity contribution < 1.29 is 15.0 Å². The lowest BCUT2D eigenvalue weighted by Crippen LogP contribution is -2.43. The van der Waals surface area contributed by atoms with Gasteiger partial charge in [-0.15, -0.1) is 0 Å². The van der Waals surface area contributed by atoms with E-state index in [4.69, 9.17) is 0 Å². The number of hydrogen-bond acceptors (Lipinski definition) is 7. The van der Waals surface area contributed by atoms with Crippen molar-refractivity contribution >= 4 is 22.9 Å². The Morgan fingerprint density at radius 2 is 2.13 bits per heavy atom. The summed E-state index contributed by atoms with van der Waals surface area (Å²) in [4.78, 5) is 28.4. The van der Waals surface area contributed by atoms with Crippen LogP contribution in [0.25, 0.3) is 11.2 Å². The standard InChI is InChI=1S/C20H23N7O3/c1-11-9-20(11,19(30)22-3)15(28)18(29)27-10-24-14-16(21-2)25-13(26-17(14)27)7-6-12-5-4-8-23-12/h4-5,8,10-11,15,18,23,28-29H,9H2,1-3H3,(H,22,30)(H,21,25,26)/t11?,15-,18+,20?/m0/s1. The molecule has 1 aliphatic rings. The van der Waals surface area contributed by atoms with Crippen LogP contribution in [-0.2, 0) is 4.79 Å². The molecule has 0 aliphatic heterocycles. The van der Waals surface area contributed by atoms with Crippen LogP contribution in [0.2, 0.25) is 0 Å². The number of amides is 1. The molecule has 0 bridgehead atoms. The SMILES string of the molecule is CNC(=O)C1([C@@H](O)[C@@H](O)n2cnc3c(NC)nc(C#Cc4ccc[nH]4)nc32)CC1C. The maximum absolute atomic E-state index is 12.4. The first-order valence-electron chi connectivity index (χ1n) is 9.58. The van der Waals surface area contributed by atoms with Crippen LogP contribution in [0, 0.1) is 23.2 Å². The van der Waals surface area contributed by atoms with E-state index in [0.717, 1.165) is 0 Å². The number of carbonyl (C=O) groups is 1. The Bertz CT molecular complexity index is 1140. The van der Waals surface area contributed by atoms with Gasteiger partial charge >= 0.3 is 0 Å². The van der Waals surface area contributed by atoms with E-state index in [1.165, 1.54) is 17.9 Å². The maximum atomic E-state index is 12.4. The molecule has 2 unspecified atom stereocenters. The largest absolute Gasteiger partial charge is 0.387 e. The van der Waals surface area contributed by atoms with Crippen LogP contribution in [-0.4, -0.2) is 60.8 Å². The van der Waals surface area contributed by atoms with Gasteiger partial charge in [-0.3, -0.25) is 9.36 Å². The highest BCUT2D eigenvalue weighted by molar-refractivity contribution is 5.87. The summed E-state index contributed by atoms with van der Waals surface area (Å²) in [5.74, 6) is 6.13. The van der Waals surface area contributed by atoms with Gasteiger partial charge in [-0.25, -0.2) is 15.0 Å². The smallest absolute Gasteiger partial charge is 0.229 e. The summed E-state index contributed by atoms with van der Waals surface area (Å²) in [6.45, 7) is 1.87. The molecule has 5 N–H and O–H groups in total. The number of carbonyl (C=O) groups excluding carboxylic acids is 1. The van der Waals surface area contributed by atoms with Crippen LogP contribution in [0.15, 0.2) is 24.7 Å². The summed E-state index contributed by atoms with van der Waals surface area (Å²) in [6, 6.07) is 3.66. The van der Waals surface area contributed by atoms with Crippen LogP contribution in [0.1, 0.15) is 31.1 Å². The summed E-state index contributed by atoms with van der Waals surface area (Å²) >= 11 is 0.